The first kappa shape index (κ1) is 24.1. The minimum absolute atomic E-state index is 0.0844. The van der Waals surface area contributed by atoms with Gasteiger partial charge in [-0.05, 0) is 43.3 Å². The fourth-order valence-electron chi connectivity index (χ4n) is 4.83. The van der Waals surface area contributed by atoms with Gasteiger partial charge in [0.25, 0.3) is 0 Å². The number of carbonyl (C=O) groups is 3. The second kappa shape index (κ2) is 10.2. The Hall–Kier alpha value is -3.63. The lowest BCUT2D eigenvalue weighted by Crippen LogP contribution is -2.54. The van der Waals surface area contributed by atoms with Gasteiger partial charge in [0.15, 0.2) is 5.79 Å². The second-order valence-corrected chi connectivity index (χ2v) is 8.93. The van der Waals surface area contributed by atoms with Gasteiger partial charge in [-0.3, -0.25) is 19.4 Å². The summed E-state index contributed by atoms with van der Waals surface area (Å²) in [5.41, 5.74) is 1.68. The summed E-state index contributed by atoms with van der Waals surface area (Å²) in [5.74, 6) is -0.318. The maximum atomic E-state index is 13.1. The number of ether oxygens (including phenoxy) is 3. The summed E-state index contributed by atoms with van der Waals surface area (Å²) in [4.78, 5) is 44.0. The van der Waals surface area contributed by atoms with E-state index in [1.807, 2.05) is 6.92 Å². The molecule has 10 nitrogen and oxygen atoms in total. The van der Waals surface area contributed by atoms with Crippen molar-refractivity contribution in [2.24, 2.45) is 0 Å². The van der Waals surface area contributed by atoms with Crippen LogP contribution in [0.5, 0.6) is 5.75 Å². The summed E-state index contributed by atoms with van der Waals surface area (Å²) in [6.45, 7) is 4.39. The number of nitrogens with zero attached hydrogens (tertiary/aromatic N) is 3. The van der Waals surface area contributed by atoms with Crippen LogP contribution in [0, 0.1) is 0 Å². The van der Waals surface area contributed by atoms with Gasteiger partial charge in [0.05, 0.1) is 31.2 Å². The molecule has 0 atom stereocenters. The molecule has 190 valence electrons. The van der Waals surface area contributed by atoms with Crippen LogP contribution in [0.25, 0.3) is 0 Å². The molecular formula is C26H30N4O6. The van der Waals surface area contributed by atoms with Crippen LogP contribution in [-0.4, -0.2) is 74.5 Å². The van der Waals surface area contributed by atoms with Gasteiger partial charge in [-0.1, -0.05) is 12.1 Å². The zero-order valence-corrected chi connectivity index (χ0v) is 20.3. The number of hydrogen-bond donors (Lipinski definition) is 1. The van der Waals surface area contributed by atoms with Gasteiger partial charge in [-0.15, -0.1) is 0 Å². The molecule has 5 rings (SSSR count). The summed E-state index contributed by atoms with van der Waals surface area (Å²) < 4.78 is 16.9. The molecule has 2 aromatic rings. The third kappa shape index (κ3) is 4.87. The number of hydrogen-bond acceptors (Lipinski definition) is 6. The molecule has 10 heteroatoms. The first-order valence-corrected chi connectivity index (χ1v) is 12.2. The number of urea groups is 1. The van der Waals surface area contributed by atoms with Crippen molar-refractivity contribution in [2.45, 2.75) is 25.6 Å². The highest BCUT2D eigenvalue weighted by Crippen LogP contribution is 2.35. The van der Waals surface area contributed by atoms with Crippen LogP contribution in [0.15, 0.2) is 48.5 Å². The van der Waals surface area contributed by atoms with Crippen LogP contribution in [0.3, 0.4) is 0 Å². The van der Waals surface area contributed by atoms with E-state index in [9.17, 15) is 14.4 Å². The standard InChI is InChI=1S/C26H30N4O6/c1-2-34-20-9-7-19(8-10-20)27-25(33)30-18-24(32)29(21-5-3-4-6-22(21)30)17-23(31)28-13-11-26(12-14-28)35-15-16-36-26/h3-10H,2,11-18H2,1H3,(H,27,33). The van der Waals surface area contributed by atoms with Crippen LogP contribution >= 0.6 is 0 Å². The molecule has 0 saturated carbocycles. The second-order valence-electron chi connectivity index (χ2n) is 8.93. The molecule has 0 bridgehead atoms. The predicted octanol–water partition coefficient (Wildman–Crippen LogP) is 2.84. The van der Waals surface area contributed by atoms with E-state index in [2.05, 4.69) is 5.32 Å². The molecule has 2 saturated heterocycles. The van der Waals surface area contributed by atoms with E-state index in [0.29, 0.717) is 68.6 Å². The van der Waals surface area contributed by atoms with Gasteiger partial charge in [0.2, 0.25) is 11.8 Å². The van der Waals surface area contributed by atoms with E-state index in [1.165, 1.54) is 9.80 Å². The van der Waals surface area contributed by atoms with Gasteiger partial charge < -0.3 is 24.4 Å². The van der Waals surface area contributed by atoms with E-state index in [0.717, 1.165) is 0 Å². The summed E-state index contributed by atoms with van der Waals surface area (Å²) in [7, 11) is 0. The summed E-state index contributed by atoms with van der Waals surface area (Å²) in [5, 5.41) is 2.84. The maximum Gasteiger partial charge on any atom is 0.326 e. The molecule has 2 fully saturated rings. The lowest BCUT2D eigenvalue weighted by Gasteiger charge is -2.39. The summed E-state index contributed by atoms with van der Waals surface area (Å²) in [6, 6.07) is 13.7. The number of piperidine rings is 1. The monoisotopic (exact) mass is 494 g/mol. The average molecular weight is 495 g/mol. The molecule has 3 heterocycles. The molecule has 1 N–H and O–H groups in total. The SMILES string of the molecule is CCOc1ccc(NC(=O)N2CC(=O)N(CC(=O)N3CCC4(CC3)OCCO4)c3ccccc32)cc1. The minimum atomic E-state index is -0.568. The number of nitrogens with one attached hydrogen (secondary N) is 1. The normalized spacial score (nSPS) is 18.8. The van der Waals surface area contributed by atoms with Gasteiger partial charge >= 0.3 is 6.03 Å². The molecule has 36 heavy (non-hydrogen) atoms. The Kier molecular flexibility index (Phi) is 6.80. The average Bonchev–Trinajstić information content (AvgIpc) is 3.35. The minimum Gasteiger partial charge on any atom is -0.494 e. The van der Waals surface area contributed by atoms with Crippen molar-refractivity contribution in [1.29, 1.82) is 0 Å². The molecule has 3 aliphatic heterocycles. The Morgan fingerprint density at radius 1 is 1.00 bits per heavy atom. The first-order valence-electron chi connectivity index (χ1n) is 12.2. The molecule has 0 aromatic heterocycles. The zero-order chi connectivity index (χ0) is 25.1. The Bertz CT molecular complexity index is 1120. The number of fused-ring (bicyclic) bond motifs is 1. The number of benzene rings is 2. The van der Waals surface area contributed by atoms with E-state index >= 15 is 0 Å². The third-order valence-electron chi connectivity index (χ3n) is 6.70. The quantitative estimate of drug-likeness (QED) is 0.686. The van der Waals surface area contributed by atoms with Gasteiger partial charge in [-0.25, -0.2) is 4.79 Å². The summed E-state index contributed by atoms with van der Waals surface area (Å²) >= 11 is 0. The Morgan fingerprint density at radius 3 is 2.33 bits per heavy atom. The fraction of sp³-hybridized carbons (Fsp3) is 0.423. The zero-order valence-electron chi connectivity index (χ0n) is 20.3. The van der Waals surface area contributed by atoms with Crippen molar-refractivity contribution >= 4 is 34.9 Å². The number of anilines is 3. The van der Waals surface area contributed by atoms with Crippen molar-refractivity contribution in [3.05, 3.63) is 48.5 Å². The molecular weight excluding hydrogens is 464 g/mol. The maximum absolute atomic E-state index is 13.1. The number of amides is 4. The third-order valence-corrected chi connectivity index (χ3v) is 6.70. The smallest absolute Gasteiger partial charge is 0.326 e. The Balaban J connectivity index is 1.26. The number of rotatable bonds is 5. The molecule has 0 aliphatic carbocycles. The molecule has 0 unspecified atom stereocenters. The van der Waals surface area contributed by atoms with Crippen molar-refractivity contribution < 1.29 is 28.6 Å². The van der Waals surface area contributed by atoms with E-state index < -0.39 is 11.8 Å². The molecule has 1 spiro atoms. The van der Waals surface area contributed by atoms with E-state index in [-0.39, 0.29) is 24.9 Å². The largest absolute Gasteiger partial charge is 0.494 e. The molecule has 4 amide bonds. The summed E-state index contributed by atoms with van der Waals surface area (Å²) in [6.07, 6.45) is 1.23. The number of para-hydroxylation sites is 2. The molecule has 2 aromatic carbocycles. The van der Waals surface area contributed by atoms with Crippen LogP contribution in [0.1, 0.15) is 19.8 Å². The van der Waals surface area contributed by atoms with Crippen molar-refractivity contribution in [1.82, 2.24) is 4.90 Å². The predicted molar refractivity (Wildman–Crippen MR) is 133 cm³/mol. The molecule has 3 aliphatic rings. The van der Waals surface area contributed by atoms with Crippen molar-refractivity contribution in [3.63, 3.8) is 0 Å². The van der Waals surface area contributed by atoms with Crippen LogP contribution in [0.4, 0.5) is 21.9 Å². The van der Waals surface area contributed by atoms with Gasteiger partial charge in [0, 0.05) is 31.6 Å². The highest BCUT2D eigenvalue weighted by atomic mass is 16.7. The van der Waals surface area contributed by atoms with Crippen LogP contribution in [-0.2, 0) is 19.1 Å². The fourth-order valence-corrected chi connectivity index (χ4v) is 4.83. The number of likely N-dealkylation sites (tertiary alicyclic amines) is 1. The van der Waals surface area contributed by atoms with Crippen molar-refractivity contribution in [2.75, 3.05) is 61.1 Å². The Morgan fingerprint density at radius 2 is 1.67 bits per heavy atom. The number of carbonyl (C=O) groups excluding carboxylic acids is 3. The van der Waals surface area contributed by atoms with Crippen LogP contribution in [0.2, 0.25) is 0 Å². The lowest BCUT2D eigenvalue weighted by molar-refractivity contribution is -0.187. The van der Waals surface area contributed by atoms with E-state index in [4.69, 9.17) is 14.2 Å². The Labute approximate surface area is 209 Å². The van der Waals surface area contributed by atoms with Gasteiger partial charge in [0.1, 0.15) is 18.8 Å². The van der Waals surface area contributed by atoms with Crippen LogP contribution < -0.4 is 19.9 Å². The molecule has 0 radical (unpaired) electrons. The topological polar surface area (TPSA) is 101 Å². The lowest BCUT2D eigenvalue weighted by atomic mass is 10.0. The highest BCUT2D eigenvalue weighted by Gasteiger charge is 2.41. The van der Waals surface area contributed by atoms with E-state index in [1.54, 1.807) is 53.4 Å². The highest BCUT2D eigenvalue weighted by molar-refractivity contribution is 6.15. The first-order chi connectivity index (χ1) is 17.5. The van der Waals surface area contributed by atoms with Crippen molar-refractivity contribution in [3.8, 4) is 5.75 Å². The van der Waals surface area contributed by atoms with Gasteiger partial charge in [-0.2, -0.15) is 0 Å².